The molecule has 0 aliphatic rings. The Morgan fingerprint density at radius 2 is 1.71 bits per heavy atom. The monoisotopic (exact) mass is 707 g/mol. The molecule has 3 aromatic carbocycles. The Balaban J connectivity index is 1.52. The Kier molecular flexibility index (Phi) is 9.08. The Morgan fingerprint density at radius 1 is 1.06 bits per heavy atom. The summed E-state index contributed by atoms with van der Waals surface area (Å²) in [6.45, 7) is 0.505. The van der Waals surface area contributed by atoms with Crippen LogP contribution in [0.2, 0.25) is 0 Å². The zero-order chi connectivity index (χ0) is 22.2. The number of hydrogen-bond acceptors (Lipinski definition) is 4. The smallest absolute Gasteiger partial charge is 0.259 e. The van der Waals surface area contributed by atoms with Gasteiger partial charge in [-0.1, -0.05) is 28.1 Å². The number of amides is 1. The third kappa shape index (κ3) is 7.72. The van der Waals surface area contributed by atoms with Gasteiger partial charge in [0.1, 0.15) is 18.2 Å². The largest absolute Gasteiger partial charge is 0.487 e. The van der Waals surface area contributed by atoms with Gasteiger partial charge in [0, 0.05) is 10.2 Å². The lowest BCUT2D eigenvalue weighted by Crippen LogP contribution is -2.25. The van der Waals surface area contributed by atoms with Gasteiger partial charge in [0.2, 0.25) is 0 Å². The second-order valence-corrected chi connectivity index (χ2v) is 9.62. The van der Waals surface area contributed by atoms with Crippen molar-refractivity contribution < 1.29 is 13.9 Å². The maximum absolute atomic E-state index is 12.9. The number of benzene rings is 3. The van der Waals surface area contributed by atoms with Crippen LogP contribution in [0.4, 0.5) is 10.1 Å². The maximum Gasteiger partial charge on any atom is 0.259 e. The SMILES string of the molecule is O=C(CNc1ccc(F)cc1)N/N=C\c1cc(I)c(OCc2ccc(Br)cc2)c(I)c1. The van der Waals surface area contributed by atoms with Crippen LogP contribution >= 0.6 is 61.1 Å². The fraction of sp³-hybridized carbons (Fsp3) is 0.0909. The summed E-state index contributed by atoms with van der Waals surface area (Å²) >= 11 is 7.87. The van der Waals surface area contributed by atoms with Crippen LogP contribution in [-0.4, -0.2) is 18.7 Å². The van der Waals surface area contributed by atoms with Crippen molar-refractivity contribution in [2.45, 2.75) is 6.61 Å². The van der Waals surface area contributed by atoms with Crippen LogP contribution in [0.3, 0.4) is 0 Å². The number of anilines is 1. The first-order valence-electron chi connectivity index (χ1n) is 9.08. The van der Waals surface area contributed by atoms with Gasteiger partial charge in [-0.3, -0.25) is 4.79 Å². The quantitative estimate of drug-likeness (QED) is 0.173. The molecule has 3 rings (SSSR count). The Morgan fingerprint density at radius 3 is 2.35 bits per heavy atom. The standard InChI is InChI=1S/C22H17BrFI2N3O2/c23-16-3-1-14(2-4-16)13-31-22-19(25)9-15(10-20(22)26)11-28-29-21(30)12-27-18-7-5-17(24)6-8-18/h1-11,27H,12-13H2,(H,29,30)/b28-11-. The first-order chi connectivity index (χ1) is 14.9. The molecular formula is C22H17BrFI2N3O2. The molecule has 0 aromatic heterocycles. The molecule has 0 spiro atoms. The summed E-state index contributed by atoms with van der Waals surface area (Å²) in [5.41, 5.74) is 5.05. The molecule has 5 nitrogen and oxygen atoms in total. The van der Waals surface area contributed by atoms with Crippen molar-refractivity contribution in [3.05, 3.63) is 89.2 Å². The van der Waals surface area contributed by atoms with Gasteiger partial charge in [0.25, 0.3) is 5.91 Å². The first kappa shape index (κ1) is 23.9. The van der Waals surface area contributed by atoms with E-state index in [9.17, 15) is 9.18 Å². The zero-order valence-electron chi connectivity index (χ0n) is 16.0. The Labute approximate surface area is 215 Å². The molecule has 1 amide bonds. The van der Waals surface area contributed by atoms with Crippen molar-refractivity contribution in [1.29, 1.82) is 0 Å². The van der Waals surface area contributed by atoms with E-state index in [-0.39, 0.29) is 18.3 Å². The lowest BCUT2D eigenvalue weighted by atomic mass is 10.2. The van der Waals surface area contributed by atoms with Gasteiger partial charge < -0.3 is 10.1 Å². The minimum atomic E-state index is -0.325. The van der Waals surface area contributed by atoms with Gasteiger partial charge in [-0.05, 0) is 105 Å². The normalized spacial score (nSPS) is 10.8. The predicted molar refractivity (Wildman–Crippen MR) is 141 cm³/mol. The molecule has 9 heteroatoms. The Bertz CT molecular complexity index is 1050. The molecule has 0 aliphatic heterocycles. The van der Waals surface area contributed by atoms with Gasteiger partial charge in [0.15, 0.2) is 0 Å². The van der Waals surface area contributed by atoms with Crippen LogP contribution < -0.4 is 15.5 Å². The highest BCUT2D eigenvalue weighted by Gasteiger charge is 2.09. The molecule has 31 heavy (non-hydrogen) atoms. The number of nitrogens with one attached hydrogen (secondary N) is 2. The van der Waals surface area contributed by atoms with Crippen molar-refractivity contribution >= 4 is 78.9 Å². The number of hydrogen-bond donors (Lipinski definition) is 2. The molecule has 3 aromatic rings. The topological polar surface area (TPSA) is 62.7 Å². The van der Waals surface area contributed by atoms with Gasteiger partial charge in [0.05, 0.1) is 19.9 Å². The van der Waals surface area contributed by atoms with Gasteiger partial charge in [-0.25, -0.2) is 9.82 Å². The molecule has 0 radical (unpaired) electrons. The molecule has 0 atom stereocenters. The van der Waals surface area contributed by atoms with E-state index in [0.29, 0.717) is 12.3 Å². The highest BCUT2D eigenvalue weighted by atomic mass is 127. The number of halogens is 4. The molecule has 0 aliphatic carbocycles. The lowest BCUT2D eigenvalue weighted by molar-refractivity contribution is -0.119. The van der Waals surface area contributed by atoms with E-state index in [2.05, 4.69) is 77.0 Å². The van der Waals surface area contributed by atoms with Crippen molar-refractivity contribution in [2.24, 2.45) is 5.10 Å². The minimum Gasteiger partial charge on any atom is -0.487 e. The third-order valence-corrected chi connectivity index (χ3v) is 6.15. The van der Waals surface area contributed by atoms with E-state index >= 15 is 0 Å². The van der Waals surface area contributed by atoms with Crippen molar-refractivity contribution in [3.63, 3.8) is 0 Å². The summed E-state index contributed by atoms with van der Waals surface area (Å²) in [5, 5.41) is 6.91. The molecule has 0 fully saturated rings. The summed E-state index contributed by atoms with van der Waals surface area (Å²) in [4.78, 5) is 11.9. The molecular weight excluding hydrogens is 691 g/mol. The zero-order valence-corrected chi connectivity index (χ0v) is 21.9. The van der Waals surface area contributed by atoms with E-state index in [0.717, 1.165) is 28.5 Å². The average Bonchev–Trinajstić information content (AvgIpc) is 2.74. The fourth-order valence-electron chi connectivity index (χ4n) is 2.50. The van der Waals surface area contributed by atoms with E-state index in [1.807, 2.05) is 36.4 Å². The van der Waals surface area contributed by atoms with Crippen molar-refractivity contribution in [2.75, 3.05) is 11.9 Å². The van der Waals surface area contributed by atoms with Crippen LogP contribution in [0, 0.1) is 13.0 Å². The highest BCUT2D eigenvalue weighted by Crippen LogP contribution is 2.29. The molecule has 160 valence electrons. The average molecular weight is 708 g/mol. The number of carbonyl (C=O) groups excluding carboxylic acids is 1. The van der Waals surface area contributed by atoms with E-state index in [1.165, 1.54) is 12.1 Å². The molecule has 0 saturated carbocycles. The molecule has 2 N–H and O–H groups in total. The number of hydrazone groups is 1. The van der Waals surface area contributed by atoms with Crippen LogP contribution in [0.25, 0.3) is 0 Å². The summed E-state index contributed by atoms with van der Waals surface area (Å²) in [5.74, 6) is 0.182. The number of nitrogens with zero attached hydrogens (tertiary/aromatic N) is 1. The van der Waals surface area contributed by atoms with Gasteiger partial charge >= 0.3 is 0 Å². The molecule has 0 unspecified atom stereocenters. The summed E-state index contributed by atoms with van der Waals surface area (Å²) in [6.07, 6.45) is 1.58. The second-order valence-electron chi connectivity index (χ2n) is 6.38. The summed E-state index contributed by atoms with van der Waals surface area (Å²) in [6, 6.07) is 17.7. The third-order valence-electron chi connectivity index (χ3n) is 4.02. The van der Waals surface area contributed by atoms with Crippen molar-refractivity contribution in [1.82, 2.24) is 5.43 Å². The number of ether oxygens (including phenoxy) is 1. The Hall–Kier alpha value is -1.73. The maximum atomic E-state index is 12.9. The highest BCUT2D eigenvalue weighted by molar-refractivity contribution is 14.1. The van der Waals surface area contributed by atoms with E-state index in [1.54, 1.807) is 18.3 Å². The summed E-state index contributed by atoms with van der Waals surface area (Å²) in [7, 11) is 0. The van der Waals surface area contributed by atoms with Crippen LogP contribution in [0.1, 0.15) is 11.1 Å². The molecule has 0 saturated heterocycles. The number of carbonyl (C=O) groups is 1. The minimum absolute atomic E-state index is 0.0286. The van der Waals surface area contributed by atoms with Crippen molar-refractivity contribution in [3.8, 4) is 5.75 Å². The van der Waals surface area contributed by atoms with Crippen LogP contribution in [0.5, 0.6) is 5.75 Å². The predicted octanol–water partition coefficient (Wildman–Crippen LogP) is 5.94. The van der Waals surface area contributed by atoms with Crippen LogP contribution in [-0.2, 0) is 11.4 Å². The lowest BCUT2D eigenvalue weighted by Gasteiger charge is -2.11. The fourth-order valence-corrected chi connectivity index (χ4v) is 4.89. The second kappa shape index (κ2) is 11.8. The first-order valence-corrected chi connectivity index (χ1v) is 12.0. The molecule has 0 bridgehead atoms. The molecule has 0 heterocycles. The van der Waals surface area contributed by atoms with E-state index in [4.69, 9.17) is 4.74 Å². The van der Waals surface area contributed by atoms with Gasteiger partial charge in [-0.15, -0.1) is 0 Å². The van der Waals surface area contributed by atoms with Gasteiger partial charge in [-0.2, -0.15) is 5.10 Å². The van der Waals surface area contributed by atoms with E-state index < -0.39 is 0 Å². The summed E-state index contributed by atoms with van der Waals surface area (Å²) < 4.78 is 21.8. The van der Waals surface area contributed by atoms with Crippen LogP contribution in [0.15, 0.2) is 70.2 Å². The number of rotatable bonds is 8.